The Labute approximate surface area is 148 Å². The number of benzene rings is 1. The molecular weight excluding hydrogens is 316 g/mol. The third-order valence-electron chi connectivity index (χ3n) is 4.56. The summed E-state index contributed by atoms with van der Waals surface area (Å²) in [7, 11) is 2.04. The van der Waals surface area contributed by atoms with Crippen LogP contribution in [-0.2, 0) is 18.3 Å². The van der Waals surface area contributed by atoms with Crippen LogP contribution in [0.4, 0.5) is 4.79 Å². The maximum atomic E-state index is 12.2. The first kappa shape index (κ1) is 17.5. The van der Waals surface area contributed by atoms with Crippen LogP contribution < -0.4 is 10.6 Å². The second kappa shape index (κ2) is 8.69. The van der Waals surface area contributed by atoms with Gasteiger partial charge < -0.3 is 19.9 Å². The van der Waals surface area contributed by atoms with Gasteiger partial charge in [0, 0.05) is 45.1 Å². The third-order valence-corrected chi connectivity index (χ3v) is 4.56. The number of nitrogens with zero attached hydrogens (tertiary/aromatic N) is 2. The van der Waals surface area contributed by atoms with Gasteiger partial charge in [-0.15, -0.1) is 0 Å². The van der Waals surface area contributed by atoms with E-state index in [9.17, 15) is 4.79 Å². The van der Waals surface area contributed by atoms with Crippen LogP contribution >= 0.6 is 0 Å². The molecule has 2 heterocycles. The monoisotopic (exact) mass is 342 g/mol. The Balaban J connectivity index is 1.56. The lowest BCUT2D eigenvalue weighted by atomic mass is 10.1. The molecular formula is C19H26N4O2. The van der Waals surface area contributed by atoms with E-state index in [2.05, 4.69) is 26.2 Å². The molecule has 25 heavy (non-hydrogen) atoms. The summed E-state index contributed by atoms with van der Waals surface area (Å²) in [6.07, 6.45) is 2.04. The minimum atomic E-state index is -0.142. The van der Waals surface area contributed by atoms with Crippen molar-refractivity contribution in [1.29, 1.82) is 0 Å². The first-order valence-electron chi connectivity index (χ1n) is 8.72. The number of hydrogen-bond donors (Lipinski definition) is 2. The fraction of sp³-hybridized carbons (Fsp3) is 0.421. The number of urea groups is 1. The van der Waals surface area contributed by atoms with Crippen molar-refractivity contribution >= 4 is 6.03 Å². The predicted octanol–water partition coefficient (Wildman–Crippen LogP) is 1.90. The minimum absolute atomic E-state index is 0.142. The van der Waals surface area contributed by atoms with E-state index in [-0.39, 0.29) is 12.1 Å². The number of rotatable bonds is 6. The lowest BCUT2D eigenvalue weighted by Gasteiger charge is -2.34. The molecule has 6 heteroatoms. The molecule has 1 fully saturated rings. The molecule has 1 atom stereocenters. The third kappa shape index (κ3) is 4.84. The first-order chi connectivity index (χ1) is 12.2. The van der Waals surface area contributed by atoms with Crippen LogP contribution in [0.3, 0.4) is 0 Å². The second-order valence-electron chi connectivity index (χ2n) is 6.26. The number of nitrogens with one attached hydrogen (secondary N) is 2. The highest BCUT2D eigenvalue weighted by atomic mass is 16.5. The summed E-state index contributed by atoms with van der Waals surface area (Å²) >= 11 is 0. The predicted molar refractivity (Wildman–Crippen MR) is 97.2 cm³/mol. The van der Waals surface area contributed by atoms with Gasteiger partial charge in [-0.1, -0.05) is 30.3 Å². The van der Waals surface area contributed by atoms with Gasteiger partial charge >= 0.3 is 6.03 Å². The van der Waals surface area contributed by atoms with Gasteiger partial charge in [0.05, 0.1) is 19.3 Å². The van der Waals surface area contributed by atoms with E-state index in [4.69, 9.17) is 4.74 Å². The number of ether oxygens (including phenoxy) is 1. The largest absolute Gasteiger partial charge is 0.379 e. The van der Waals surface area contributed by atoms with Gasteiger partial charge in [-0.05, 0) is 17.7 Å². The molecule has 0 radical (unpaired) electrons. The van der Waals surface area contributed by atoms with Crippen molar-refractivity contribution in [3.05, 3.63) is 59.9 Å². The molecule has 1 aliphatic rings. The Morgan fingerprint density at radius 1 is 1.12 bits per heavy atom. The van der Waals surface area contributed by atoms with E-state index < -0.39 is 0 Å². The summed E-state index contributed by atoms with van der Waals surface area (Å²) in [6.45, 7) is 4.33. The van der Waals surface area contributed by atoms with E-state index in [1.54, 1.807) is 0 Å². The Morgan fingerprint density at radius 3 is 2.56 bits per heavy atom. The number of aromatic nitrogens is 1. The highest BCUT2D eigenvalue weighted by Gasteiger charge is 2.24. The highest BCUT2D eigenvalue weighted by molar-refractivity contribution is 5.73. The Morgan fingerprint density at radius 2 is 1.88 bits per heavy atom. The molecule has 0 aliphatic carbocycles. The molecule has 0 spiro atoms. The van der Waals surface area contributed by atoms with E-state index in [0.717, 1.165) is 31.9 Å². The maximum Gasteiger partial charge on any atom is 0.315 e. The summed E-state index contributed by atoms with van der Waals surface area (Å²) in [4.78, 5) is 14.6. The number of carbonyl (C=O) groups is 1. The summed E-state index contributed by atoms with van der Waals surface area (Å²) in [5.41, 5.74) is 2.29. The SMILES string of the molecule is Cn1cccc1[C@@H](CNC(=O)NCc1ccccc1)N1CCOCC1. The van der Waals surface area contributed by atoms with E-state index in [1.807, 2.05) is 49.6 Å². The van der Waals surface area contributed by atoms with Gasteiger partial charge in [0.25, 0.3) is 0 Å². The molecule has 1 aromatic carbocycles. The van der Waals surface area contributed by atoms with E-state index in [1.165, 1.54) is 5.69 Å². The molecule has 3 rings (SSSR count). The van der Waals surface area contributed by atoms with Gasteiger partial charge in [0.2, 0.25) is 0 Å². The molecule has 6 nitrogen and oxygen atoms in total. The molecule has 0 bridgehead atoms. The van der Waals surface area contributed by atoms with Crippen LogP contribution in [0, 0.1) is 0 Å². The zero-order valence-corrected chi connectivity index (χ0v) is 14.6. The second-order valence-corrected chi connectivity index (χ2v) is 6.26. The zero-order chi connectivity index (χ0) is 17.5. The molecule has 134 valence electrons. The van der Waals surface area contributed by atoms with Crippen LogP contribution in [0.15, 0.2) is 48.7 Å². The average molecular weight is 342 g/mol. The lowest BCUT2D eigenvalue weighted by molar-refractivity contribution is 0.0153. The van der Waals surface area contributed by atoms with Crippen molar-refractivity contribution in [1.82, 2.24) is 20.1 Å². The van der Waals surface area contributed by atoms with Crippen LogP contribution in [0.5, 0.6) is 0 Å². The van der Waals surface area contributed by atoms with Crippen molar-refractivity contribution in [2.45, 2.75) is 12.6 Å². The van der Waals surface area contributed by atoms with Gasteiger partial charge in [-0.25, -0.2) is 4.79 Å². The molecule has 2 aromatic rings. The van der Waals surface area contributed by atoms with Crippen LogP contribution in [0.25, 0.3) is 0 Å². The Bertz CT molecular complexity index is 665. The summed E-state index contributed by atoms with van der Waals surface area (Å²) in [5.74, 6) is 0. The number of hydrogen-bond acceptors (Lipinski definition) is 3. The number of morpholine rings is 1. The summed E-state index contributed by atoms with van der Waals surface area (Å²) in [6, 6.07) is 14.1. The molecule has 1 saturated heterocycles. The Kier molecular flexibility index (Phi) is 6.09. The number of carbonyl (C=O) groups excluding carboxylic acids is 1. The minimum Gasteiger partial charge on any atom is -0.379 e. The molecule has 2 N–H and O–H groups in total. The molecule has 0 saturated carbocycles. The fourth-order valence-corrected chi connectivity index (χ4v) is 3.16. The fourth-order valence-electron chi connectivity index (χ4n) is 3.16. The standard InChI is InChI=1S/C19H26N4O2/c1-22-9-5-8-17(22)18(23-10-12-25-13-11-23)15-21-19(24)20-14-16-6-3-2-4-7-16/h2-9,18H,10-15H2,1H3,(H2,20,21,24)/t18-/m1/s1. The summed E-state index contributed by atoms with van der Waals surface area (Å²) < 4.78 is 7.58. The van der Waals surface area contributed by atoms with E-state index in [0.29, 0.717) is 13.1 Å². The average Bonchev–Trinajstić information content (AvgIpc) is 3.08. The van der Waals surface area contributed by atoms with Gasteiger partial charge in [-0.3, -0.25) is 4.90 Å². The molecule has 1 aromatic heterocycles. The van der Waals surface area contributed by atoms with Gasteiger partial charge in [0.15, 0.2) is 0 Å². The van der Waals surface area contributed by atoms with Crippen molar-refractivity contribution in [2.24, 2.45) is 7.05 Å². The Hall–Kier alpha value is -2.31. The van der Waals surface area contributed by atoms with Crippen molar-refractivity contribution < 1.29 is 9.53 Å². The van der Waals surface area contributed by atoms with Gasteiger partial charge in [-0.2, -0.15) is 0 Å². The number of amides is 2. The highest BCUT2D eigenvalue weighted by Crippen LogP contribution is 2.21. The normalized spacial score (nSPS) is 16.4. The van der Waals surface area contributed by atoms with Crippen LogP contribution in [-0.4, -0.2) is 48.3 Å². The van der Waals surface area contributed by atoms with Gasteiger partial charge in [0.1, 0.15) is 0 Å². The first-order valence-corrected chi connectivity index (χ1v) is 8.72. The van der Waals surface area contributed by atoms with Crippen LogP contribution in [0.2, 0.25) is 0 Å². The van der Waals surface area contributed by atoms with Crippen molar-refractivity contribution in [3.8, 4) is 0 Å². The van der Waals surface area contributed by atoms with Crippen molar-refractivity contribution in [3.63, 3.8) is 0 Å². The number of aryl methyl sites for hydroxylation is 1. The zero-order valence-electron chi connectivity index (χ0n) is 14.6. The van der Waals surface area contributed by atoms with E-state index >= 15 is 0 Å². The maximum absolute atomic E-state index is 12.2. The summed E-state index contributed by atoms with van der Waals surface area (Å²) in [5, 5.41) is 5.94. The quantitative estimate of drug-likeness (QED) is 0.843. The molecule has 1 aliphatic heterocycles. The smallest absolute Gasteiger partial charge is 0.315 e. The van der Waals surface area contributed by atoms with Crippen molar-refractivity contribution in [2.75, 3.05) is 32.8 Å². The van der Waals surface area contributed by atoms with Crippen LogP contribution in [0.1, 0.15) is 17.3 Å². The lowest BCUT2D eigenvalue weighted by Crippen LogP contribution is -2.46. The molecule has 2 amide bonds. The molecule has 0 unspecified atom stereocenters. The topological polar surface area (TPSA) is 58.5 Å².